The molecule has 166 valence electrons. The van der Waals surface area contributed by atoms with Crippen molar-refractivity contribution in [2.45, 2.75) is 24.9 Å². The number of hydrogen-bond acceptors (Lipinski definition) is 5. The highest BCUT2D eigenvalue weighted by Crippen LogP contribution is 2.24. The molecule has 32 heavy (non-hydrogen) atoms. The van der Waals surface area contributed by atoms with Gasteiger partial charge in [0.15, 0.2) is 5.16 Å². The first-order valence-electron chi connectivity index (χ1n) is 10.3. The van der Waals surface area contributed by atoms with Gasteiger partial charge in [-0.25, -0.2) is 9.37 Å². The smallest absolute Gasteiger partial charge is 0.266 e. The summed E-state index contributed by atoms with van der Waals surface area (Å²) in [6.45, 7) is 2.51. The minimum absolute atomic E-state index is 0.0323. The number of nitrogens with zero attached hydrogens (tertiary/aromatic N) is 3. The van der Waals surface area contributed by atoms with Gasteiger partial charge in [0.05, 0.1) is 28.3 Å². The fourth-order valence-corrected chi connectivity index (χ4v) is 4.73. The van der Waals surface area contributed by atoms with Crippen molar-refractivity contribution in [3.63, 3.8) is 0 Å². The lowest BCUT2D eigenvalue weighted by molar-refractivity contribution is -0.132. The molecule has 1 aliphatic rings. The van der Waals surface area contributed by atoms with E-state index in [1.807, 2.05) is 0 Å². The number of carbonyl (C=O) groups is 2. The second-order valence-electron chi connectivity index (χ2n) is 7.86. The van der Waals surface area contributed by atoms with Crippen LogP contribution in [0, 0.1) is 18.7 Å². The third-order valence-corrected chi connectivity index (χ3v) is 6.58. The number of piperidine rings is 1. The highest BCUT2D eigenvalue weighted by molar-refractivity contribution is 7.99. The third kappa shape index (κ3) is 4.38. The quantitative estimate of drug-likeness (QED) is 0.472. The van der Waals surface area contributed by atoms with Gasteiger partial charge >= 0.3 is 0 Å². The Balaban J connectivity index is 1.67. The summed E-state index contributed by atoms with van der Waals surface area (Å²) in [5.41, 5.74) is 6.39. The molecule has 1 aliphatic heterocycles. The molecule has 3 aromatic rings. The van der Waals surface area contributed by atoms with Crippen molar-refractivity contribution >= 4 is 34.5 Å². The van der Waals surface area contributed by atoms with E-state index in [9.17, 15) is 18.8 Å². The number of para-hydroxylation sites is 1. The van der Waals surface area contributed by atoms with Crippen molar-refractivity contribution in [1.29, 1.82) is 0 Å². The summed E-state index contributed by atoms with van der Waals surface area (Å²) in [4.78, 5) is 43.8. The van der Waals surface area contributed by atoms with Crippen molar-refractivity contribution in [3.05, 3.63) is 64.2 Å². The third-order valence-electron chi connectivity index (χ3n) is 5.66. The van der Waals surface area contributed by atoms with Crippen molar-refractivity contribution in [3.8, 4) is 5.69 Å². The Morgan fingerprint density at radius 1 is 1.25 bits per heavy atom. The van der Waals surface area contributed by atoms with Crippen LogP contribution in [-0.4, -0.2) is 45.1 Å². The predicted molar refractivity (Wildman–Crippen MR) is 121 cm³/mol. The molecule has 0 spiro atoms. The van der Waals surface area contributed by atoms with E-state index in [2.05, 4.69) is 4.98 Å². The van der Waals surface area contributed by atoms with Crippen LogP contribution in [0.1, 0.15) is 18.4 Å². The average molecular weight is 455 g/mol. The number of aryl methyl sites for hydroxylation is 1. The summed E-state index contributed by atoms with van der Waals surface area (Å²) < 4.78 is 15.6. The van der Waals surface area contributed by atoms with Crippen molar-refractivity contribution in [1.82, 2.24) is 14.5 Å². The summed E-state index contributed by atoms with van der Waals surface area (Å²) in [6.07, 6.45) is 1.39. The number of fused-ring (bicyclic) bond motifs is 1. The van der Waals surface area contributed by atoms with Crippen LogP contribution >= 0.6 is 11.8 Å². The number of aromatic nitrogens is 2. The number of primary amides is 1. The molecule has 2 N–H and O–H groups in total. The summed E-state index contributed by atoms with van der Waals surface area (Å²) in [7, 11) is 0. The number of thioether (sulfide) groups is 1. The van der Waals surface area contributed by atoms with Gasteiger partial charge in [0.25, 0.3) is 5.56 Å². The molecular weight excluding hydrogens is 431 g/mol. The van der Waals surface area contributed by atoms with Crippen LogP contribution in [0.3, 0.4) is 0 Å². The van der Waals surface area contributed by atoms with Crippen molar-refractivity contribution in [2.75, 3.05) is 18.8 Å². The number of nitrogens with two attached hydrogens (primary N) is 1. The first kappa shape index (κ1) is 22.0. The zero-order valence-corrected chi connectivity index (χ0v) is 18.4. The van der Waals surface area contributed by atoms with Gasteiger partial charge in [-0.15, -0.1) is 0 Å². The molecule has 0 saturated carbocycles. The second-order valence-corrected chi connectivity index (χ2v) is 8.80. The van der Waals surface area contributed by atoms with Crippen LogP contribution in [0.5, 0.6) is 0 Å². The normalized spacial score (nSPS) is 16.3. The fraction of sp³-hybridized carbons (Fsp3) is 0.304. The van der Waals surface area contributed by atoms with E-state index in [0.29, 0.717) is 53.2 Å². The lowest BCUT2D eigenvalue weighted by Gasteiger charge is -2.31. The van der Waals surface area contributed by atoms with Gasteiger partial charge in [-0.05, 0) is 49.6 Å². The number of amides is 2. The monoisotopic (exact) mass is 454 g/mol. The number of halogens is 1. The summed E-state index contributed by atoms with van der Waals surface area (Å²) in [5.74, 6) is -1.30. The van der Waals surface area contributed by atoms with Gasteiger partial charge in [0, 0.05) is 13.1 Å². The highest BCUT2D eigenvalue weighted by Gasteiger charge is 2.27. The van der Waals surface area contributed by atoms with E-state index in [-0.39, 0.29) is 23.1 Å². The van der Waals surface area contributed by atoms with Gasteiger partial charge in [0.2, 0.25) is 11.8 Å². The molecule has 1 fully saturated rings. The molecule has 2 aromatic carbocycles. The number of hydrogen-bond donors (Lipinski definition) is 1. The van der Waals surface area contributed by atoms with Crippen molar-refractivity contribution < 1.29 is 14.0 Å². The van der Waals surface area contributed by atoms with E-state index in [4.69, 9.17) is 5.73 Å². The molecule has 7 nitrogen and oxygen atoms in total. The molecular formula is C23H23FN4O3S. The van der Waals surface area contributed by atoms with Crippen LogP contribution in [0.25, 0.3) is 16.6 Å². The summed E-state index contributed by atoms with van der Waals surface area (Å²) >= 11 is 1.11. The van der Waals surface area contributed by atoms with Gasteiger partial charge in [-0.1, -0.05) is 30.0 Å². The molecule has 0 aliphatic carbocycles. The average Bonchev–Trinajstić information content (AvgIpc) is 2.79. The topological polar surface area (TPSA) is 98.3 Å². The molecule has 4 rings (SSSR count). The Morgan fingerprint density at radius 2 is 2.03 bits per heavy atom. The second kappa shape index (κ2) is 9.12. The lowest BCUT2D eigenvalue weighted by atomic mass is 9.97. The minimum atomic E-state index is -0.430. The van der Waals surface area contributed by atoms with E-state index in [1.54, 1.807) is 48.2 Å². The summed E-state index contributed by atoms with van der Waals surface area (Å²) in [5, 5.41) is 0.707. The van der Waals surface area contributed by atoms with E-state index >= 15 is 0 Å². The Kier molecular flexibility index (Phi) is 6.27. The SMILES string of the molecule is Cc1ccc(-n2c(SCC(=O)N3CCCC(C(N)=O)C3)nc3ccccc3c2=O)cc1F. The fourth-order valence-electron chi connectivity index (χ4n) is 3.81. The van der Waals surface area contributed by atoms with E-state index < -0.39 is 11.7 Å². The van der Waals surface area contributed by atoms with Crippen molar-refractivity contribution in [2.24, 2.45) is 11.7 Å². The maximum atomic E-state index is 14.3. The predicted octanol–water partition coefficient (Wildman–Crippen LogP) is 2.65. The van der Waals surface area contributed by atoms with Gasteiger partial charge in [-0.3, -0.25) is 19.0 Å². The van der Waals surface area contributed by atoms with E-state index in [0.717, 1.165) is 11.8 Å². The molecule has 0 bridgehead atoms. The molecule has 1 saturated heterocycles. The van der Waals surface area contributed by atoms with Crippen LogP contribution in [0.15, 0.2) is 52.4 Å². The van der Waals surface area contributed by atoms with Gasteiger partial charge in [0.1, 0.15) is 5.82 Å². The zero-order valence-electron chi connectivity index (χ0n) is 17.6. The molecule has 0 radical (unpaired) electrons. The maximum Gasteiger partial charge on any atom is 0.266 e. The Labute approximate surface area is 188 Å². The number of rotatable bonds is 5. The van der Waals surface area contributed by atoms with E-state index in [1.165, 1.54) is 10.6 Å². The highest BCUT2D eigenvalue weighted by atomic mass is 32.2. The van der Waals surface area contributed by atoms with Gasteiger partial charge in [-0.2, -0.15) is 0 Å². The first-order chi connectivity index (χ1) is 15.3. The maximum absolute atomic E-state index is 14.3. The Hall–Kier alpha value is -3.20. The zero-order chi connectivity index (χ0) is 22.8. The molecule has 1 unspecified atom stereocenters. The van der Waals surface area contributed by atoms with Gasteiger partial charge < -0.3 is 10.6 Å². The largest absolute Gasteiger partial charge is 0.369 e. The molecule has 1 atom stereocenters. The molecule has 9 heteroatoms. The minimum Gasteiger partial charge on any atom is -0.369 e. The van der Waals surface area contributed by atoms with Crippen LogP contribution < -0.4 is 11.3 Å². The summed E-state index contributed by atoms with van der Waals surface area (Å²) in [6, 6.07) is 11.5. The number of benzene rings is 2. The number of likely N-dealkylation sites (tertiary alicyclic amines) is 1. The van der Waals surface area contributed by atoms with Crippen LogP contribution in [0.4, 0.5) is 4.39 Å². The molecule has 1 aromatic heterocycles. The van der Waals surface area contributed by atoms with Crippen LogP contribution in [0.2, 0.25) is 0 Å². The Morgan fingerprint density at radius 3 is 2.78 bits per heavy atom. The number of carbonyl (C=O) groups excluding carboxylic acids is 2. The first-order valence-corrected chi connectivity index (χ1v) is 11.3. The molecule has 2 heterocycles. The van der Waals surface area contributed by atoms with Crippen LogP contribution in [-0.2, 0) is 9.59 Å². The lowest BCUT2D eigenvalue weighted by Crippen LogP contribution is -2.44. The standard InChI is InChI=1S/C23H23FN4O3S/c1-14-8-9-16(11-18(14)24)28-22(31)17-6-2-3-7-19(17)26-23(28)32-13-20(29)27-10-4-5-15(12-27)21(25)30/h2-3,6-9,11,15H,4-5,10,12-13H2,1H3,(H2,25,30). The Bertz CT molecular complexity index is 1260. The molecule has 2 amide bonds.